The highest BCUT2D eigenvalue weighted by molar-refractivity contribution is 5.16. The first-order valence-electron chi connectivity index (χ1n) is 5.22. The summed E-state index contributed by atoms with van der Waals surface area (Å²) >= 11 is 0. The van der Waals surface area contributed by atoms with E-state index in [1.807, 2.05) is 13.0 Å². The minimum absolute atomic E-state index is 0.111. The lowest BCUT2D eigenvalue weighted by atomic mass is 10.2. The van der Waals surface area contributed by atoms with Crippen LogP contribution in [0.15, 0.2) is 24.3 Å². The van der Waals surface area contributed by atoms with Crippen molar-refractivity contribution >= 4 is 0 Å². The molecule has 0 N–H and O–H groups in total. The van der Waals surface area contributed by atoms with Gasteiger partial charge < -0.3 is 9.47 Å². The maximum atomic E-state index is 13.2. The van der Waals surface area contributed by atoms with E-state index in [9.17, 15) is 4.39 Å². The van der Waals surface area contributed by atoms with Gasteiger partial charge in [-0.1, -0.05) is 18.2 Å². The predicted octanol–water partition coefficient (Wildman–Crippen LogP) is 2.52. The van der Waals surface area contributed by atoms with Gasteiger partial charge in [0.15, 0.2) is 0 Å². The van der Waals surface area contributed by atoms with Gasteiger partial charge in [-0.25, -0.2) is 4.39 Å². The number of rotatable bonds is 3. The van der Waals surface area contributed by atoms with E-state index in [1.165, 1.54) is 6.07 Å². The lowest BCUT2D eigenvalue weighted by molar-refractivity contribution is 0.0274. The molecule has 2 nitrogen and oxygen atoms in total. The first-order valence-corrected chi connectivity index (χ1v) is 5.22. The molecular formula is C12H15FO2. The summed E-state index contributed by atoms with van der Waals surface area (Å²) in [4.78, 5) is 0. The fourth-order valence-electron chi connectivity index (χ4n) is 1.72. The molecular weight excluding hydrogens is 195 g/mol. The largest absolute Gasteiger partial charge is 0.376 e. The molecule has 0 radical (unpaired) electrons. The van der Waals surface area contributed by atoms with Gasteiger partial charge in [-0.2, -0.15) is 0 Å². The van der Waals surface area contributed by atoms with E-state index < -0.39 is 0 Å². The molecule has 0 aliphatic carbocycles. The van der Waals surface area contributed by atoms with Gasteiger partial charge >= 0.3 is 0 Å². The molecule has 1 aromatic carbocycles. The SMILES string of the molecule is CC1CC(OCc2ccccc2F)CO1. The summed E-state index contributed by atoms with van der Waals surface area (Å²) in [5.41, 5.74) is 0.608. The van der Waals surface area contributed by atoms with E-state index in [2.05, 4.69) is 0 Å². The number of hydrogen-bond acceptors (Lipinski definition) is 2. The molecule has 1 fully saturated rings. The van der Waals surface area contributed by atoms with Crippen molar-refractivity contribution in [3.05, 3.63) is 35.6 Å². The van der Waals surface area contributed by atoms with E-state index in [0.29, 0.717) is 18.8 Å². The van der Waals surface area contributed by atoms with Crippen LogP contribution in [-0.2, 0) is 16.1 Å². The van der Waals surface area contributed by atoms with Gasteiger partial charge in [0.25, 0.3) is 0 Å². The van der Waals surface area contributed by atoms with E-state index in [1.54, 1.807) is 12.1 Å². The molecule has 2 atom stereocenters. The minimum atomic E-state index is -0.204. The monoisotopic (exact) mass is 210 g/mol. The molecule has 1 aliphatic rings. The third-order valence-electron chi connectivity index (χ3n) is 2.59. The third-order valence-corrected chi connectivity index (χ3v) is 2.59. The Balaban J connectivity index is 1.86. The third kappa shape index (κ3) is 2.76. The second kappa shape index (κ2) is 4.73. The van der Waals surface area contributed by atoms with E-state index >= 15 is 0 Å². The molecule has 1 saturated heterocycles. The van der Waals surface area contributed by atoms with E-state index in [0.717, 1.165) is 6.42 Å². The second-order valence-corrected chi connectivity index (χ2v) is 3.90. The molecule has 82 valence electrons. The summed E-state index contributed by atoms with van der Waals surface area (Å²) in [6, 6.07) is 6.69. The van der Waals surface area contributed by atoms with Gasteiger partial charge in [0.1, 0.15) is 5.82 Å². The quantitative estimate of drug-likeness (QED) is 0.763. The molecule has 15 heavy (non-hydrogen) atoms. The van der Waals surface area contributed by atoms with Crippen LogP contribution in [0.3, 0.4) is 0 Å². The van der Waals surface area contributed by atoms with Gasteiger partial charge in [0.2, 0.25) is 0 Å². The Bertz CT molecular complexity index is 327. The van der Waals surface area contributed by atoms with Crippen LogP contribution >= 0.6 is 0 Å². The van der Waals surface area contributed by atoms with Crippen LogP contribution < -0.4 is 0 Å². The number of benzene rings is 1. The molecule has 2 rings (SSSR count). The molecule has 0 bridgehead atoms. The van der Waals surface area contributed by atoms with Crippen molar-refractivity contribution in [2.75, 3.05) is 6.61 Å². The van der Waals surface area contributed by atoms with Gasteiger partial charge in [0, 0.05) is 12.0 Å². The van der Waals surface area contributed by atoms with Crippen LogP contribution in [0, 0.1) is 5.82 Å². The van der Waals surface area contributed by atoms with Crippen molar-refractivity contribution < 1.29 is 13.9 Å². The maximum Gasteiger partial charge on any atom is 0.128 e. The Morgan fingerprint density at radius 3 is 2.93 bits per heavy atom. The first kappa shape index (κ1) is 10.6. The summed E-state index contributed by atoms with van der Waals surface area (Å²) in [5.74, 6) is -0.204. The predicted molar refractivity (Wildman–Crippen MR) is 55.0 cm³/mol. The zero-order chi connectivity index (χ0) is 10.7. The highest BCUT2D eigenvalue weighted by Gasteiger charge is 2.22. The van der Waals surface area contributed by atoms with Gasteiger partial charge in [-0.3, -0.25) is 0 Å². The minimum Gasteiger partial charge on any atom is -0.376 e. The molecule has 2 unspecified atom stereocenters. The van der Waals surface area contributed by atoms with Crippen molar-refractivity contribution in [3.8, 4) is 0 Å². The van der Waals surface area contributed by atoms with Crippen molar-refractivity contribution in [1.82, 2.24) is 0 Å². The summed E-state index contributed by atoms with van der Waals surface area (Å²) in [5, 5.41) is 0. The van der Waals surface area contributed by atoms with E-state index in [4.69, 9.17) is 9.47 Å². The average molecular weight is 210 g/mol. The molecule has 0 amide bonds. The standard InChI is InChI=1S/C12H15FO2/c1-9-6-11(8-14-9)15-7-10-4-2-3-5-12(10)13/h2-5,9,11H,6-8H2,1H3. The Hall–Kier alpha value is -0.930. The summed E-state index contributed by atoms with van der Waals surface area (Å²) in [6.45, 7) is 2.97. The van der Waals surface area contributed by atoms with Crippen molar-refractivity contribution in [3.63, 3.8) is 0 Å². The topological polar surface area (TPSA) is 18.5 Å². The molecule has 1 aromatic rings. The number of hydrogen-bond donors (Lipinski definition) is 0. The highest BCUT2D eigenvalue weighted by atomic mass is 19.1. The summed E-state index contributed by atoms with van der Waals surface area (Å²) < 4.78 is 24.2. The Morgan fingerprint density at radius 1 is 1.47 bits per heavy atom. The smallest absolute Gasteiger partial charge is 0.128 e. The second-order valence-electron chi connectivity index (χ2n) is 3.90. The summed E-state index contributed by atoms with van der Waals surface area (Å²) in [6.07, 6.45) is 1.27. The lowest BCUT2D eigenvalue weighted by Gasteiger charge is -2.10. The Labute approximate surface area is 89.0 Å². The fourth-order valence-corrected chi connectivity index (χ4v) is 1.72. The molecule has 0 aromatic heterocycles. The van der Waals surface area contributed by atoms with Crippen LogP contribution in [-0.4, -0.2) is 18.8 Å². The molecule has 0 spiro atoms. The average Bonchev–Trinajstić information content (AvgIpc) is 2.63. The van der Waals surface area contributed by atoms with Gasteiger partial charge in [-0.05, 0) is 13.0 Å². The molecule has 0 saturated carbocycles. The van der Waals surface area contributed by atoms with Crippen molar-refractivity contribution in [2.24, 2.45) is 0 Å². The highest BCUT2D eigenvalue weighted by Crippen LogP contribution is 2.17. The van der Waals surface area contributed by atoms with Crippen molar-refractivity contribution in [2.45, 2.75) is 32.2 Å². The van der Waals surface area contributed by atoms with E-state index in [-0.39, 0.29) is 18.0 Å². The van der Waals surface area contributed by atoms with Crippen LogP contribution in [0.1, 0.15) is 18.9 Å². The Morgan fingerprint density at radius 2 is 2.27 bits per heavy atom. The normalized spacial score (nSPS) is 25.7. The van der Waals surface area contributed by atoms with Gasteiger partial charge in [0.05, 0.1) is 25.4 Å². The molecule has 1 heterocycles. The lowest BCUT2D eigenvalue weighted by Crippen LogP contribution is -2.12. The zero-order valence-corrected chi connectivity index (χ0v) is 8.78. The fraction of sp³-hybridized carbons (Fsp3) is 0.500. The van der Waals surface area contributed by atoms with Crippen LogP contribution in [0.25, 0.3) is 0 Å². The van der Waals surface area contributed by atoms with Gasteiger partial charge in [-0.15, -0.1) is 0 Å². The summed E-state index contributed by atoms with van der Waals surface area (Å²) in [7, 11) is 0. The van der Waals surface area contributed by atoms with Crippen molar-refractivity contribution in [1.29, 1.82) is 0 Å². The van der Waals surface area contributed by atoms with Crippen LogP contribution in [0.2, 0.25) is 0 Å². The number of halogens is 1. The number of ether oxygens (including phenoxy) is 2. The van der Waals surface area contributed by atoms with Crippen LogP contribution in [0.4, 0.5) is 4.39 Å². The zero-order valence-electron chi connectivity index (χ0n) is 8.78. The molecule has 1 aliphatic heterocycles. The molecule has 3 heteroatoms. The first-order chi connectivity index (χ1) is 7.25. The Kier molecular flexibility index (Phi) is 3.34. The maximum absolute atomic E-state index is 13.2. The van der Waals surface area contributed by atoms with Crippen LogP contribution in [0.5, 0.6) is 0 Å².